The second kappa shape index (κ2) is 24.8. The fraction of sp³-hybridized carbons (Fsp3) is 0.328. The summed E-state index contributed by atoms with van der Waals surface area (Å²) in [6, 6.07) is 25.0. The van der Waals surface area contributed by atoms with E-state index in [-0.39, 0.29) is 0 Å². The van der Waals surface area contributed by atoms with E-state index in [0.717, 1.165) is 23.1 Å². The van der Waals surface area contributed by atoms with Gasteiger partial charge in [0.25, 0.3) is 0 Å². The van der Waals surface area contributed by atoms with Crippen LogP contribution in [-0.2, 0) is 0 Å². The SMILES string of the molecule is C/C=C1\CCCC(C)=C1/C=C/C#Cc1ccc(C)cc1.CC1=C(/C=C/C#Cc2ccc(C)cc2)C(C)CCC1.CN=C1CCCC(C)=C1/C=C/C#Cc1ccc(C)cc1. The molecule has 3 aromatic carbocycles. The van der Waals surface area contributed by atoms with Crippen molar-refractivity contribution in [3.8, 4) is 35.5 Å². The van der Waals surface area contributed by atoms with Gasteiger partial charge in [0.05, 0.1) is 0 Å². The Balaban J connectivity index is 0.000000196. The van der Waals surface area contributed by atoms with E-state index in [0.29, 0.717) is 5.92 Å². The van der Waals surface area contributed by atoms with Crippen molar-refractivity contribution in [3.05, 3.63) is 188 Å². The van der Waals surface area contributed by atoms with Gasteiger partial charge in [-0.3, -0.25) is 4.99 Å². The number of nitrogens with zero attached hydrogens (tertiary/aromatic N) is 1. The lowest BCUT2D eigenvalue weighted by Gasteiger charge is -2.21. The Hall–Kier alpha value is -5.81. The first-order valence-corrected chi connectivity index (χ1v) is 21.5. The lowest BCUT2D eigenvalue weighted by atomic mass is 9.84. The molecule has 0 aromatic heterocycles. The van der Waals surface area contributed by atoms with Gasteiger partial charge in [-0.1, -0.05) is 124 Å². The first-order chi connectivity index (χ1) is 28.6. The smallest absolute Gasteiger partial charge is 0.0416 e. The molecule has 0 heterocycles. The number of allylic oxidation sites excluding steroid dienone is 14. The Morgan fingerprint density at radius 1 is 0.508 bits per heavy atom. The molecule has 3 aliphatic rings. The normalized spacial score (nSPS) is 18.1. The average Bonchev–Trinajstić information content (AvgIpc) is 3.24. The van der Waals surface area contributed by atoms with Crippen molar-refractivity contribution in [2.75, 3.05) is 7.05 Å². The van der Waals surface area contributed by atoms with Crippen LogP contribution in [0.4, 0.5) is 0 Å². The molecule has 1 unspecified atom stereocenters. The van der Waals surface area contributed by atoms with Gasteiger partial charge in [0.1, 0.15) is 0 Å². The lowest BCUT2D eigenvalue weighted by Crippen LogP contribution is -2.09. The van der Waals surface area contributed by atoms with Gasteiger partial charge in [0, 0.05) is 29.4 Å². The van der Waals surface area contributed by atoms with Crippen LogP contribution in [0.1, 0.15) is 126 Å². The molecule has 0 N–H and O–H groups in total. The molecular weight excluding hydrogens is 711 g/mol. The van der Waals surface area contributed by atoms with Crippen LogP contribution < -0.4 is 0 Å². The van der Waals surface area contributed by atoms with Crippen LogP contribution in [0.3, 0.4) is 0 Å². The van der Waals surface area contributed by atoms with Crippen LogP contribution in [0.2, 0.25) is 0 Å². The molecule has 0 bridgehead atoms. The number of aliphatic imine (C=N–C) groups is 1. The summed E-state index contributed by atoms with van der Waals surface area (Å²) in [4.78, 5) is 4.39. The van der Waals surface area contributed by atoms with Gasteiger partial charge in [-0.2, -0.15) is 0 Å². The summed E-state index contributed by atoms with van der Waals surface area (Å²) < 4.78 is 0. The standard InChI is InChI=1S/C20H22.C19H21N.C19H22/c1-4-19-10-7-8-17(3)20(19)11-6-5-9-18-14-12-16(2)13-15-18;1-15-11-13-17(14-12-15)8-4-5-9-18-16(2)7-6-10-19(18)20-3;1-15-11-13-18(14-12-15)9-4-5-10-19-16(2)7-6-8-17(19)3/h4,6,11-15H,7-8,10H2,1-3H3;5,9,11-14H,6-7,10H2,1-3H3;5,10-14,16H,6-8H2,1-3H3/b11-6+,19-4+;9-5+,20-19?;10-5+. The number of aryl methyl sites for hydroxylation is 3. The third-order valence-electron chi connectivity index (χ3n) is 11.2. The molecule has 1 nitrogen and oxygen atoms in total. The highest BCUT2D eigenvalue weighted by molar-refractivity contribution is 6.03. The van der Waals surface area contributed by atoms with Gasteiger partial charge < -0.3 is 0 Å². The first-order valence-electron chi connectivity index (χ1n) is 21.5. The van der Waals surface area contributed by atoms with E-state index < -0.39 is 0 Å². The summed E-state index contributed by atoms with van der Waals surface area (Å²) in [5.41, 5.74) is 18.3. The molecule has 3 aliphatic carbocycles. The molecule has 59 heavy (non-hydrogen) atoms. The van der Waals surface area contributed by atoms with Crippen molar-refractivity contribution in [1.82, 2.24) is 0 Å². The second-order valence-electron chi connectivity index (χ2n) is 16.0. The van der Waals surface area contributed by atoms with E-state index in [2.05, 4.69) is 193 Å². The number of hydrogen-bond acceptors (Lipinski definition) is 1. The highest BCUT2D eigenvalue weighted by Gasteiger charge is 2.15. The highest BCUT2D eigenvalue weighted by Crippen LogP contribution is 2.31. The van der Waals surface area contributed by atoms with Gasteiger partial charge in [-0.05, 0) is 201 Å². The predicted molar refractivity (Wildman–Crippen MR) is 258 cm³/mol. The summed E-state index contributed by atoms with van der Waals surface area (Å²) in [5, 5.41) is 0. The molecule has 0 saturated heterocycles. The van der Waals surface area contributed by atoms with E-state index in [4.69, 9.17) is 0 Å². The molecular formula is C58H65N. The summed E-state index contributed by atoms with van der Waals surface area (Å²) in [7, 11) is 1.87. The van der Waals surface area contributed by atoms with Crippen molar-refractivity contribution >= 4 is 5.71 Å². The van der Waals surface area contributed by atoms with E-state index >= 15 is 0 Å². The van der Waals surface area contributed by atoms with Crippen molar-refractivity contribution in [2.24, 2.45) is 10.9 Å². The summed E-state index contributed by atoms with van der Waals surface area (Å²) >= 11 is 0. The van der Waals surface area contributed by atoms with Gasteiger partial charge >= 0.3 is 0 Å². The van der Waals surface area contributed by atoms with E-state index in [1.165, 1.54) is 113 Å². The van der Waals surface area contributed by atoms with Gasteiger partial charge in [-0.25, -0.2) is 0 Å². The molecule has 0 radical (unpaired) electrons. The van der Waals surface area contributed by atoms with E-state index in [1.54, 1.807) is 0 Å². The molecule has 0 fully saturated rings. The van der Waals surface area contributed by atoms with Crippen LogP contribution in [0, 0.1) is 62.2 Å². The van der Waals surface area contributed by atoms with Crippen LogP contribution >= 0.6 is 0 Å². The minimum absolute atomic E-state index is 0.686. The number of hydrogen-bond donors (Lipinski definition) is 0. The Bertz CT molecular complexity index is 2190. The molecule has 302 valence electrons. The van der Waals surface area contributed by atoms with Gasteiger partial charge in [-0.15, -0.1) is 0 Å². The van der Waals surface area contributed by atoms with Crippen LogP contribution in [0.25, 0.3) is 0 Å². The minimum atomic E-state index is 0.686. The fourth-order valence-corrected chi connectivity index (χ4v) is 7.51. The molecule has 0 spiro atoms. The zero-order valence-corrected chi connectivity index (χ0v) is 37.4. The van der Waals surface area contributed by atoms with Crippen molar-refractivity contribution in [1.29, 1.82) is 0 Å². The maximum absolute atomic E-state index is 4.39. The molecule has 0 saturated carbocycles. The summed E-state index contributed by atoms with van der Waals surface area (Å²) in [5.74, 6) is 19.6. The van der Waals surface area contributed by atoms with Crippen molar-refractivity contribution in [2.45, 2.75) is 113 Å². The lowest BCUT2D eigenvalue weighted by molar-refractivity contribution is 0.546. The molecule has 0 aliphatic heterocycles. The predicted octanol–water partition coefficient (Wildman–Crippen LogP) is 14.9. The fourth-order valence-electron chi connectivity index (χ4n) is 7.51. The van der Waals surface area contributed by atoms with Gasteiger partial charge in [0.2, 0.25) is 0 Å². The maximum Gasteiger partial charge on any atom is 0.0416 e. The Morgan fingerprint density at radius 2 is 0.932 bits per heavy atom. The monoisotopic (exact) mass is 776 g/mol. The average molecular weight is 776 g/mol. The quantitative estimate of drug-likeness (QED) is 0.235. The van der Waals surface area contributed by atoms with Gasteiger partial charge in [0.15, 0.2) is 0 Å². The van der Waals surface area contributed by atoms with Crippen molar-refractivity contribution in [3.63, 3.8) is 0 Å². The summed E-state index contributed by atoms with van der Waals surface area (Å²) in [6.45, 7) is 17.4. The molecule has 1 atom stereocenters. The Kier molecular flexibility index (Phi) is 19.3. The number of benzene rings is 3. The van der Waals surface area contributed by atoms with E-state index in [1.807, 2.05) is 25.3 Å². The van der Waals surface area contributed by atoms with Crippen LogP contribution in [0.15, 0.2) is 159 Å². The zero-order valence-electron chi connectivity index (χ0n) is 37.4. The Morgan fingerprint density at radius 3 is 1.39 bits per heavy atom. The molecule has 0 amide bonds. The maximum atomic E-state index is 4.39. The third kappa shape index (κ3) is 15.8. The van der Waals surface area contributed by atoms with E-state index in [9.17, 15) is 0 Å². The minimum Gasteiger partial charge on any atom is -0.292 e. The third-order valence-corrected chi connectivity index (χ3v) is 11.2. The summed E-state index contributed by atoms with van der Waals surface area (Å²) in [6.07, 6.45) is 25.7. The zero-order chi connectivity index (χ0) is 42.4. The highest BCUT2D eigenvalue weighted by atomic mass is 14.7. The molecule has 6 rings (SSSR count). The van der Waals surface area contributed by atoms with Crippen molar-refractivity contribution < 1.29 is 0 Å². The topological polar surface area (TPSA) is 12.4 Å². The molecule has 1 heteroatoms. The number of rotatable bonds is 3. The first kappa shape index (κ1) is 45.9. The largest absolute Gasteiger partial charge is 0.292 e. The Labute approximate surface area is 358 Å². The van der Waals surface area contributed by atoms with Crippen LogP contribution in [0.5, 0.6) is 0 Å². The molecule has 3 aromatic rings. The van der Waals surface area contributed by atoms with Crippen LogP contribution in [-0.4, -0.2) is 12.8 Å². The second-order valence-corrected chi connectivity index (χ2v) is 16.0.